The molecule has 0 bridgehead atoms. The maximum absolute atomic E-state index is 13.0. The third kappa shape index (κ3) is 2.90. The Morgan fingerprint density at radius 3 is 2.40 bits per heavy atom. The van der Waals surface area contributed by atoms with E-state index in [2.05, 4.69) is 11.8 Å². The molecule has 1 heterocycles. The maximum Gasteiger partial charge on any atom is 0.250 e. The van der Waals surface area contributed by atoms with Gasteiger partial charge < -0.3 is 0 Å². The molecule has 3 heteroatoms. The molecule has 2 atom stereocenters. The Balaban J connectivity index is 1.84. The molecule has 0 spiro atoms. The maximum atomic E-state index is 13.0. The summed E-state index contributed by atoms with van der Waals surface area (Å²) in [7, 11) is 0. The minimum atomic E-state index is -2.39. The first kappa shape index (κ1) is 11.3. The van der Waals surface area contributed by atoms with Gasteiger partial charge in [-0.3, -0.25) is 4.90 Å². The molecule has 1 nitrogen and oxygen atoms in total. The van der Waals surface area contributed by atoms with Gasteiger partial charge in [0, 0.05) is 32.0 Å². The molecule has 0 unspecified atom stereocenters. The van der Waals surface area contributed by atoms with E-state index >= 15 is 0 Å². The van der Waals surface area contributed by atoms with Crippen LogP contribution in [0, 0.1) is 5.92 Å². The smallest absolute Gasteiger partial charge is 0.250 e. The van der Waals surface area contributed by atoms with Crippen LogP contribution in [0.2, 0.25) is 0 Å². The van der Waals surface area contributed by atoms with Crippen molar-refractivity contribution in [1.82, 2.24) is 4.90 Å². The molecule has 1 saturated heterocycles. The highest BCUT2D eigenvalue weighted by Gasteiger charge is 2.36. The highest BCUT2D eigenvalue weighted by molar-refractivity contribution is 4.84. The predicted molar refractivity (Wildman–Crippen MR) is 57.2 cm³/mol. The summed E-state index contributed by atoms with van der Waals surface area (Å²) in [6, 6.07) is 0.588. The van der Waals surface area contributed by atoms with Gasteiger partial charge in [0.1, 0.15) is 0 Å². The van der Waals surface area contributed by atoms with Crippen molar-refractivity contribution in [1.29, 1.82) is 0 Å². The minimum Gasteiger partial charge on any atom is -0.300 e. The summed E-state index contributed by atoms with van der Waals surface area (Å²) in [6.45, 7) is 3.49. The van der Waals surface area contributed by atoms with Crippen molar-refractivity contribution in [2.45, 2.75) is 57.4 Å². The molecule has 2 fully saturated rings. The second-order valence-corrected chi connectivity index (χ2v) is 5.32. The van der Waals surface area contributed by atoms with Crippen molar-refractivity contribution < 1.29 is 8.78 Å². The lowest BCUT2D eigenvalue weighted by Gasteiger charge is -2.40. The first-order chi connectivity index (χ1) is 7.07. The van der Waals surface area contributed by atoms with E-state index in [1.165, 1.54) is 25.7 Å². The van der Waals surface area contributed by atoms with Gasteiger partial charge in [-0.25, -0.2) is 8.78 Å². The number of likely N-dealkylation sites (tertiary alicyclic amines) is 1. The van der Waals surface area contributed by atoms with Crippen LogP contribution < -0.4 is 0 Å². The van der Waals surface area contributed by atoms with E-state index in [1.54, 1.807) is 0 Å². The van der Waals surface area contributed by atoms with Crippen LogP contribution in [-0.2, 0) is 0 Å². The van der Waals surface area contributed by atoms with E-state index in [-0.39, 0.29) is 12.8 Å². The number of piperidine rings is 1. The van der Waals surface area contributed by atoms with Gasteiger partial charge in [-0.15, -0.1) is 0 Å². The molecule has 2 aliphatic rings. The molecule has 0 N–H and O–H groups in total. The topological polar surface area (TPSA) is 3.24 Å². The van der Waals surface area contributed by atoms with Crippen LogP contribution in [0.3, 0.4) is 0 Å². The van der Waals surface area contributed by atoms with Crippen LogP contribution in [0.5, 0.6) is 0 Å². The molecule has 2 rings (SSSR count). The highest BCUT2D eigenvalue weighted by Crippen LogP contribution is 2.33. The molecule has 1 saturated carbocycles. The number of nitrogens with zero attached hydrogens (tertiary/aromatic N) is 1. The van der Waals surface area contributed by atoms with Gasteiger partial charge in [0.05, 0.1) is 0 Å². The van der Waals surface area contributed by atoms with Crippen molar-refractivity contribution in [2.75, 3.05) is 13.1 Å². The lowest BCUT2D eigenvalue weighted by Crippen LogP contribution is -2.46. The Hall–Kier alpha value is -0.180. The molecular formula is C12H21F2N. The number of hydrogen-bond donors (Lipinski definition) is 0. The van der Waals surface area contributed by atoms with Gasteiger partial charge in [0.15, 0.2) is 0 Å². The fourth-order valence-electron chi connectivity index (χ4n) is 2.95. The summed E-state index contributed by atoms with van der Waals surface area (Å²) in [4.78, 5) is 2.30. The van der Waals surface area contributed by atoms with Gasteiger partial charge in [0.2, 0.25) is 0 Å². The highest BCUT2D eigenvalue weighted by atomic mass is 19.3. The summed E-state index contributed by atoms with van der Waals surface area (Å²) < 4.78 is 26.0. The minimum absolute atomic E-state index is 0.0673. The Kier molecular flexibility index (Phi) is 3.29. The standard InChI is InChI=1S/C12H21F2N/c1-10-3-2-4-11(9-10)15-7-5-12(13,14)6-8-15/h10-11H,2-9H2,1H3/t10-,11+/m0/s1. The van der Waals surface area contributed by atoms with Gasteiger partial charge in [-0.05, 0) is 18.8 Å². The molecule has 0 aromatic heterocycles. The quantitative estimate of drug-likeness (QED) is 0.651. The zero-order valence-electron chi connectivity index (χ0n) is 9.51. The number of hydrogen-bond acceptors (Lipinski definition) is 1. The van der Waals surface area contributed by atoms with E-state index in [4.69, 9.17) is 0 Å². The number of rotatable bonds is 1. The molecule has 0 radical (unpaired) electrons. The van der Waals surface area contributed by atoms with Crippen LogP contribution in [0.15, 0.2) is 0 Å². The predicted octanol–water partition coefficient (Wildman–Crippen LogP) is 3.30. The van der Waals surface area contributed by atoms with Gasteiger partial charge in [-0.1, -0.05) is 19.8 Å². The van der Waals surface area contributed by atoms with Crippen molar-refractivity contribution in [2.24, 2.45) is 5.92 Å². The second-order valence-electron chi connectivity index (χ2n) is 5.32. The summed E-state index contributed by atoms with van der Waals surface area (Å²) in [5.41, 5.74) is 0. The summed E-state index contributed by atoms with van der Waals surface area (Å²) in [5.74, 6) is -1.61. The Labute approximate surface area is 90.8 Å². The van der Waals surface area contributed by atoms with Gasteiger partial charge in [0.25, 0.3) is 5.92 Å². The molecule has 1 aliphatic heterocycles. The second kappa shape index (κ2) is 4.36. The van der Waals surface area contributed by atoms with E-state index in [0.29, 0.717) is 19.1 Å². The van der Waals surface area contributed by atoms with Crippen LogP contribution in [0.4, 0.5) is 8.78 Å². The van der Waals surface area contributed by atoms with Gasteiger partial charge >= 0.3 is 0 Å². The normalized spacial score (nSPS) is 37.8. The Bertz CT molecular complexity index is 208. The van der Waals surface area contributed by atoms with Crippen molar-refractivity contribution >= 4 is 0 Å². The van der Waals surface area contributed by atoms with Gasteiger partial charge in [-0.2, -0.15) is 0 Å². The van der Waals surface area contributed by atoms with Crippen LogP contribution >= 0.6 is 0 Å². The third-order valence-corrected chi connectivity index (χ3v) is 3.95. The fraction of sp³-hybridized carbons (Fsp3) is 1.00. The van der Waals surface area contributed by atoms with Crippen LogP contribution in [0.25, 0.3) is 0 Å². The largest absolute Gasteiger partial charge is 0.300 e. The zero-order valence-corrected chi connectivity index (χ0v) is 9.51. The molecule has 0 aromatic carbocycles. The average molecular weight is 217 g/mol. The van der Waals surface area contributed by atoms with Crippen molar-refractivity contribution in [3.63, 3.8) is 0 Å². The molecule has 15 heavy (non-hydrogen) atoms. The lowest BCUT2D eigenvalue weighted by atomic mass is 9.85. The van der Waals surface area contributed by atoms with Crippen molar-refractivity contribution in [3.05, 3.63) is 0 Å². The summed E-state index contributed by atoms with van der Waals surface area (Å²) in [5, 5.41) is 0. The number of alkyl halides is 2. The number of halogens is 2. The summed E-state index contributed by atoms with van der Waals surface area (Å²) >= 11 is 0. The first-order valence-electron chi connectivity index (χ1n) is 6.19. The van der Waals surface area contributed by atoms with E-state index in [0.717, 1.165) is 5.92 Å². The Morgan fingerprint density at radius 1 is 1.13 bits per heavy atom. The molecular weight excluding hydrogens is 196 g/mol. The molecule has 0 aromatic rings. The van der Waals surface area contributed by atoms with E-state index in [9.17, 15) is 8.78 Å². The first-order valence-corrected chi connectivity index (χ1v) is 6.19. The molecule has 1 aliphatic carbocycles. The summed E-state index contributed by atoms with van der Waals surface area (Å²) in [6.07, 6.45) is 5.16. The Morgan fingerprint density at radius 2 is 1.80 bits per heavy atom. The third-order valence-electron chi connectivity index (χ3n) is 3.95. The van der Waals surface area contributed by atoms with Crippen LogP contribution in [0.1, 0.15) is 45.4 Å². The average Bonchev–Trinajstić information content (AvgIpc) is 2.17. The van der Waals surface area contributed by atoms with Crippen molar-refractivity contribution in [3.8, 4) is 0 Å². The molecule has 0 amide bonds. The fourth-order valence-corrected chi connectivity index (χ4v) is 2.95. The molecule has 88 valence electrons. The lowest BCUT2D eigenvalue weighted by molar-refractivity contribution is -0.0669. The van der Waals surface area contributed by atoms with Crippen LogP contribution in [-0.4, -0.2) is 30.0 Å². The monoisotopic (exact) mass is 217 g/mol. The SMILES string of the molecule is C[C@H]1CCC[C@@H](N2CCC(F)(F)CC2)C1. The van der Waals surface area contributed by atoms with E-state index < -0.39 is 5.92 Å². The zero-order chi connectivity index (χ0) is 10.9. The van der Waals surface area contributed by atoms with E-state index in [1.807, 2.05) is 0 Å².